The van der Waals surface area contributed by atoms with Gasteiger partial charge in [-0.05, 0) is 44.3 Å². The molecule has 0 aromatic heterocycles. The van der Waals surface area contributed by atoms with E-state index in [4.69, 9.17) is 23.2 Å². The Morgan fingerprint density at radius 3 is 2.41 bits per heavy atom. The minimum absolute atomic E-state index is 0. The molecule has 0 aliphatic rings. The van der Waals surface area contributed by atoms with Crippen LogP contribution in [0.5, 0.6) is 0 Å². The van der Waals surface area contributed by atoms with Crippen LogP contribution in [0.15, 0.2) is 18.2 Å². The second-order valence-electron chi connectivity index (χ2n) is 3.37. The van der Waals surface area contributed by atoms with Gasteiger partial charge in [-0.1, -0.05) is 29.3 Å². The maximum atomic E-state index is 6.03. The lowest BCUT2D eigenvalue weighted by Gasteiger charge is -2.06. The Kier molecular flexibility index (Phi) is 13.2. The van der Waals surface area contributed by atoms with Crippen molar-refractivity contribution in [1.29, 1.82) is 0 Å². The zero-order chi connectivity index (χ0) is 11.1. The van der Waals surface area contributed by atoms with Gasteiger partial charge in [0.2, 0.25) is 0 Å². The van der Waals surface area contributed by atoms with Gasteiger partial charge in [0.1, 0.15) is 0 Å². The maximum Gasteiger partial charge on any atom is 0.0465 e. The molecule has 0 saturated heterocycles. The standard InChI is InChI=1S/C11H16Cl2N2.2ClH/c1-14-5-2-6-15-8-9-3-4-10(12)7-11(9)13;;/h3-4,7,14-15H,2,5-6,8H2,1H3;2*1H. The topological polar surface area (TPSA) is 24.1 Å². The van der Waals surface area contributed by atoms with E-state index in [0.717, 1.165) is 36.6 Å². The molecular weight excluding hydrogens is 302 g/mol. The van der Waals surface area contributed by atoms with Gasteiger partial charge in [0.05, 0.1) is 0 Å². The zero-order valence-corrected chi connectivity index (χ0v) is 12.8. The lowest BCUT2D eigenvalue weighted by molar-refractivity contribution is 0.625. The van der Waals surface area contributed by atoms with Crippen LogP contribution in [0.3, 0.4) is 0 Å². The van der Waals surface area contributed by atoms with Gasteiger partial charge in [0.15, 0.2) is 0 Å². The number of hydrogen-bond donors (Lipinski definition) is 2. The monoisotopic (exact) mass is 318 g/mol. The van der Waals surface area contributed by atoms with Gasteiger partial charge < -0.3 is 10.6 Å². The molecule has 17 heavy (non-hydrogen) atoms. The lowest BCUT2D eigenvalue weighted by atomic mass is 10.2. The highest BCUT2D eigenvalue weighted by atomic mass is 35.5. The van der Waals surface area contributed by atoms with Crippen LogP contribution in [0.4, 0.5) is 0 Å². The van der Waals surface area contributed by atoms with Crippen LogP contribution in [-0.4, -0.2) is 20.1 Å². The van der Waals surface area contributed by atoms with Crippen LogP contribution in [0, 0.1) is 0 Å². The normalized spacial score (nSPS) is 9.35. The van der Waals surface area contributed by atoms with Crippen LogP contribution in [-0.2, 0) is 6.54 Å². The Hall–Kier alpha value is 0.300. The van der Waals surface area contributed by atoms with E-state index in [1.54, 1.807) is 6.07 Å². The molecule has 0 unspecified atom stereocenters. The summed E-state index contributed by atoms with van der Waals surface area (Å²) in [5, 5.41) is 7.84. The summed E-state index contributed by atoms with van der Waals surface area (Å²) < 4.78 is 0. The minimum atomic E-state index is 0. The highest BCUT2D eigenvalue weighted by Crippen LogP contribution is 2.20. The molecule has 0 aliphatic heterocycles. The van der Waals surface area contributed by atoms with Crippen molar-refractivity contribution < 1.29 is 0 Å². The zero-order valence-electron chi connectivity index (χ0n) is 9.63. The van der Waals surface area contributed by atoms with Crippen molar-refractivity contribution in [3.63, 3.8) is 0 Å². The van der Waals surface area contributed by atoms with Crippen molar-refractivity contribution in [3.8, 4) is 0 Å². The molecule has 1 rings (SSSR count). The molecule has 1 aromatic rings. The summed E-state index contributed by atoms with van der Waals surface area (Å²) in [5.41, 5.74) is 1.09. The molecule has 6 heteroatoms. The summed E-state index contributed by atoms with van der Waals surface area (Å²) in [6, 6.07) is 5.58. The number of rotatable bonds is 6. The van der Waals surface area contributed by atoms with Crippen molar-refractivity contribution in [3.05, 3.63) is 33.8 Å². The average Bonchev–Trinajstić information content (AvgIpc) is 2.20. The molecule has 2 N–H and O–H groups in total. The first-order valence-electron chi connectivity index (χ1n) is 5.03. The van der Waals surface area contributed by atoms with Gasteiger partial charge in [-0.25, -0.2) is 0 Å². The quantitative estimate of drug-likeness (QED) is 0.784. The summed E-state index contributed by atoms with van der Waals surface area (Å²) in [6.07, 6.45) is 1.11. The number of halogens is 4. The summed E-state index contributed by atoms with van der Waals surface area (Å²) in [6.45, 7) is 2.81. The SMILES string of the molecule is CNCCCNCc1ccc(Cl)cc1Cl.Cl.Cl. The third-order valence-electron chi connectivity index (χ3n) is 2.11. The number of benzene rings is 1. The smallest absolute Gasteiger partial charge is 0.0465 e. The van der Waals surface area contributed by atoms with E-state index in [0.29, 0.717) is 5.02 Å². The first-order chi connectivity index (χ1) is 7.24. The summed E-state index contributed by atoms with van der Waals surface area (Å²) >= 11 is 11.8. The molecule has 0 fully saturated rings. The lowest BCUT2D eigenvalue weighted by Crippen LogP contribution is -2.19. The van der Waals surface area contributed by atoms with Crippen LogP contribution >= 0.6 is 48.0 Å². The van der Waals surface area contributed by atoms with E-state index in [2.05, 4.69) is 10.6 Å². The first-order valence-corrected chi connectivity index (χ1v) is 5.79. The van der Waals surface area contributed by atoms with Gasteiger partial charge in [0, 0.05) is 16.6 Å². The second-order valence-corrected chi connectivity index (χ2v) is 4.21. The Labute approximate surface area is 125 Å². The highest BCUT2D eigenvalue weighted by molar-refractivity contribution is 6.35. The Morgan fingerprint density at radius 2 is 1.82 bits per heavy atom. The minimum Gasteiger partial charge on any atom is -0.320 e. The third-order valence-corrected chi connectivity index (χ3v) is 2.70. The van der Waals surface area contributed by atoms with Crippen LogP contribution in [0.2, 0.25) is 10.0 Å². The predicted octanol–water partition coefficient (Wildman–Crippen LogP) is 3.54. The van der Waals surface area contributed by atoms with Gasteiger partial charge in [0.25, 0.3) is 0 Å². The van der Waals surface area contributed by atoms with Crippen LogP contribution in [0.25, 0.3) is 0 Å². The van der Waals surface area contributed by atoms with E-state index >= 15 is 0 Å². The van der Waals surface area contributed by atoms with Crippen molar-refractivity contribution in [2.75, 3.05) is 20.1 Å². The van der Waals surface area contributed by atoms with Gasteiger partial charge in [-0.15, -0.1) is 24.8 Å². The van der Waals surface area contributed by atoms with E-state index in [-0.39, 0.29) is 24.8 Å². The van der Waals surface area contributed by atoms with Gasteiger partial charge in [-0.2, -0.15) is 0 Å². The first kappa shape index (κ1) is 19.6. The Morgan fingerprint density at radius 1 is 1.12 bits per heavy atom. The number of hydrogen-bond acceptors (Lipinski definition) is 2. The van der Waals surface area contributed by atoms with Gasteiger partial charge in [-0.3, -0.25) is 0 Å². The molecule has 1 aromatic carbocycles. The Bertz CT molecular complexity index is 308. The molecule has 0 saturated carbocycles. The van der Waals surface area contributed by atoms with Gasteiger partial charge >= 0.3 is 0 Å². The van der Waals surface area contributed by atoms with Crippen molar-refractivity contribution in [2.24, 2.45) is 0 Å². The van der Waals surface area contributed by atoms with Crippen molar-refractivity contribution in [1.82, 2.24) is 10.6 Å². The van der Waals surface area contributed by atoms with Crippen LogP contribution < -0.4 is 10.6 Å². The fraction of sp³-hybridized carbons (Fsp3) is 0.455. The average molecular weight is 320 g/mol. The fourth-order valence-electron chi connectivity index (χ4n) is 1.28. The van der Waals surface area contributed by atoms with E-state index < -0.39 is 0 Å². The highest BCUT2D eigenvalue weighted by Gasteiger charge is 2.00. The summed E-state index contributed by atoms with van der Waals surface area (Å²) in [5.74, 6) is 0. The van der Waals surface area contributed by atoms with E-state index in [1.165, 1.54) is 0 Å². The molecule has 0 aliphatic carbocycles. The second kappa shape index (κ2) is 11.4. The van der Waals surface area contributed by atoms with E-state index in [9.17, 15) is 0 Å². The molecule has 0 bridgehead atoms. The van der Waals surface area contributed by atoms with Crippen molar-refractivity contribution >= 4 is 48.0 Å². The molecule has 0 amide bonds. The fourth-order valence-corrected chi connectivity index (χ4v) is 1.75. The van der Waals surface area contributed by atoms with Crippen molar-refractivity contribution in [2.45, 2.75) is 13.0 Å². The molecule has 2 nitrogen and oxygen atoms in total. The molecule has 0 heterocycles. The maximum absolute atomic E-state index is 6.03. The van der Waals surface area contributed by atoms with E-state index in [1.807, 2.05) is 19.2 Å². The summed E-state index contributed by atoms with van der Waals surface area (Å²) in [7, 11) is 1.95. The molecule has 0 atom stereocenters. The largest absolute Gasteiger partial charge is 0.320 e. The molecular formula is C11H18Cl4N2. The number of nitrogens with one attached hydrogen (secondary N) is 2. The third kappa shape index (κ3) is 8.09. The molecule has 0 spiro atoms. The molecule has 100 valence electrons. The van der Waals surface area contributed by atoms with Crippen LogP contribution in [0.1, 0.15) is 12.0 Å². The predicted molar refractivity (Wildman–Crippen MR) is 81.2 cm³/mol. The Balaban J connectivity index is 0. The summed E-state index contributed by atoms with van der Waals surface area (Å²) in [4.78, 5) is 0. The molecule has 0 radical (unpaired) electrons.